The van der Waals surface area contributed by atoms with Crippen molar-refractivity contribution in [2.75, 3.05) is 6.54 Å². The largest absolute Gasteiger partial charge is 0.347 e. The fraction of sp³-hybridized carbons (Fsp3) is 0.368. The third kappa shape index (κ3) is 3.89. The summed E-state index contributed by atoms with van der Waals surface area (Å²) in [6, 6.07) is 7.77. The number of hydrogen-bond acceptors (Lipinski definition) is 5. The Kier molecular flexibility index (Phi) is 5.34. The molecule has 4 rings (SSSR count). The summed E-state index contributed by atoms with van der Waals surface area (Å²) in [7, 11) is 0. The number of benzene rings is 1. The number of hydrogen-bond donors (Lipinski definition) is 3. The summed E-state index contributed by atoms with van der Waals surface area (Å²) in [5, 5.41) is 11.1. The van der Waals surface area contributed by atoms with Gasteiger partial charge in [-0.15, -0.1) is 5.10 Å². The van der Waals surface area contributed by atoms with Crippen molar-refractivity contribution in [3.63, 3.8) is 0 Å². The highest BCUT2D eigenvalue weighted by Gasteiger charge is 2.29. The number of amides is 2. The molecule has 4 N–H and O–H groups in total. The van der Waals surface area contributed by atoms with Gasteiger partial charge < -0.3 is 20.9 Å². The molecule has 1 atom stereocenters. The van der Waals surface area contributed by atoms with E-state index < -0.39 is 0 Å². The van der Waals surface area contributed by atoms with E-state index in [9.17, 15) is 4.79 Å². The highest BCUT2D eigenvalue weighted by molar-refractivity contribution is 5.74. The van der Waals surface area contributed by atoms with Crippen LogP contribution in [0, 0.1) is 0 Å². The molecule has 3 aromatic rings. The molecule has 1 aromatic carbocycles. The highest BCUT2D eigenvalue weighted by atomic mass is 16.2. The molecule has 1 saturated heterocycles. The van der Waals surface area contributed by atoms with Gasteiger partial charge in [0.15, 0.2) is 0 Å². The van der Waals surface area contributed by atoms with Crippen molar-refractivity contribution >= 4 is 6.03 Å². The zero-order valence-electron chi connectivity index (χ0n) is 15.6. The number of aromatic amines is 1. The summed E-state index contributed by atoms with van der Waals surface area (Å²) >= 11 is 0. The van der Waals surface area contributed by atoms with E-state index in [1.165, 1.54) is 0 Å². The average Bonchev–Trinajstić information content (AvgIpc) is 3.44. The van der Waals surface area contributed by atoms with Crippen molar-refractivity contribution in [2.24, 2.45) is 5.73 Å². The first-order valence-corrected chi connectivity index (χ1v) is 9.49. The number of piperidine rings is 1. The Morgan fingerprint density at radius 1 is 1.36 bits per heavy atom. The molecule has 1 aliphatic heterocycles. The van der Waals surface area contributed by atoms with Gasteiger partial charge in [0.1, 0.15) is 5.82 Å². The van der Waals surface area contributed by atoms with Crippen molar-refractivity contribution in [3.05, 3.63) is 59.9 Å². The minimum absolute atomic E-state index is 0.0000770. The van der Waals surface area contributed by atoms with Gasteiger partial charge in [0.2, 0.25) is 0 Å². The molecule has 2 amide bonds. The van der Waals surface area contributed by atoms with Crippen molar-refractivity contribution in [2.45, 2.75) is 38.4 Å². The van der Waals surface area contributed by atoms with Gasteiger partial charge >= 0.3 is 6.03 Å². The molecule has 9 heteroatoms. The van der Waals surface area contributed by atoms with Crippen LogP contribution in [-0.4, -0.2) is 42.4 Å². The topological polar surface area (TPSA) is 118 Å². The number of nitrogens with zero attached hydrogens (tertiary/aromatic N) is 5. The van der Waals surface area contributed by atoms with Crippen molar-refractivity contribution in [3.8, 4) is 5.69 Å². The second kappa shape index (κ2) is 8.22. The maximum Gasteiger partial charge on any atom is 0.318 e. The Hall–Kier alpha value is -3.20. The van der Waals surface area contributed by atoms with Crippen LogP contribution in [0.4, 0.5) is 4.79 Å². The summed E-state index contributed by atoms with van der Waals surface area (Å²) in [6.45, 7) is 1.52. The van der Waals surface area contributed by atoms with Crippen LogP contribution in [0.3, 0.4) is 0 Å². The van der Waals surface area contributed by atoms with Crippen LogP contribution in [-0.2, 0) is 13.1 Å². The Morgan fingerprint density at radius 2 is 2.29 bits per heavy atom. The SMILES string of the molecule is NCc1cn(-c2cccc(CNC(=O)N3CCCCC3c3ncc[nH]3)c2)nn1. The zero-order chi connectivity index (χ0) is 19.3. The van der Waals surface area contributed by atoms with Gasteiger partial charge in [0, 0.05) is 32.0 Å². The van der Waals surface area contributed by atoms with E-state index in [4.69, 9.17) is 5.73 Å². The van der Waals surface area contributed by atoms with Gasteiger partial charge in [0.25, 0.3) is 0 Å². The maximum atomic E-state index is 12.8. The summed E-state index contributed by atoms with van der Waals surface area (Å²) < 4.78 is 1.69. The van der Waals surface area contributed by atoms with E-state index in [2.05, 4.69) is 25.6 Å². The van der Waals surface area contributed by atoms with Crippen LogP contribution in [0.1, 0.15) is 42.4 Å². The average molecular weight is 380 g/mol. The molecule has 2 aromatic heterocycles. The van der Waals surface area contributed by atoms with Gasteiger partial charge in [-0.3, -0.25) is 0 Å². The molecule has 28 heavy (non-hydrogen) atoms. The lowest BCUT2D eigenvalue weighted by molar-refractivity contribution is 0.147. The van der Waals surface area contributed by atoms with E-state index in [1.807, 2.05) is 29.2 Å². The molecule has 0 saturated carbocycles. The quantitative estimate of drug-likeness (QED) is 0.625. The highest BCUT2D eigenvalue weighted by Crippen LogP contribution is 2.28. The smallest absolute Gasteiger partial charge is 0.318 e. The number of nitrogens with two attached hydrogens (primary N) is 1. The molecule has 9 nitrogen and oxygen atoms in total. The summed E-state index contributed by atoms with van der Waals surface area (Å²) in [5.41, 5.74) is 8.19. The Labute approximate surface area is 162 Å². The number of urea groups is 1. The lowest BCUT2D eigenvalue weighted by atomic mass is 10.0. The van der Waals surface area contributed by atoms with Gasteiger partial charge in [-0.1, -0.05) is 17.3 Å². The number of carbonyl (C=O) groups is 1. The molecule has 0 bridgehead atoms. The van der Waals surface area contributed by atoms with E-state index in [-0.39, 0.29) is 12.1 Å². The van der Waals surface area contributed by atoms with Gasteiger partial charge in [-0.25, -0.2) is 14.5 Å². The van der Waals surface area contributed by atoms with Crippen molar-refractivity contribution in [1.29, 1.82) is 0 Å². The fourth-order valence-electron chi connectivity index (χ4n) is 3.52. The van der Waals surface area contributed by atoms with Crippen LogP contribution < -0.4 is 11.1 Å². The third-order valence-electron chi connectivity index (χ3n) is 4.97. The minimum Gasteiger partial charge on any atom is -0.347 e. The maximum absolute atomic E-state index is 12.8. The molecule has 1 unspecified atom stereocenters. The summed E-state index contributed by atoms with van der Waals surface area (Å²) in [4.78, 5) is 22.2. The molecule has 0 aliphatic carbocycles. The molecule has 0 spiro atoms. The Balaban J connectivity index is 1.42. The van der Waals surface area contributed by atoms with Crippen LogP contribution in [0.25, 0.3) is 5.69 Å². The van der Waals surface area contributed by atoms with Crippen LogP contribution >= 0.6 is 0 Å². The number of likely N-dealkylation sites (tertiary alicyclic amines) is 1. The number of carbonyl (C=O) groups excluding carboxylic acids is 1. The normalized spacial score (nSPS) is 16.9. The van der Waals surface area contributed by atoms with Crippen LogP contribution in [0.2, 0.25) is 0 Å². The van der Waals surface area contributed by atoms with E-state index >= 15 is 0 Å². The molecular formula is C19H24N8O. The lowest BCUT2D eigenvalue weighted by Gasteiger charge is -2.34. The molecule has 146 valence electrons. The van der Waals surface area contributed by atoms with E-state index in [1.54, 1.807) is 23.3 Å². The molecule has 3 heterocycles. The van der Waals surface area contributed by atoms with E-state index in [0.717, 1.165) is 48.6 Å². The molecular weight excluding hydrogens is 356 g/mol. The van der Waals surface area contributed by atoms with Crippen molar-refractivity contribution < 1.29 is 4.79 Å². The predicted octanol–water partition coefficient (Wildman–Crippen LogP) is 1.89. The van der Waals surface area contributed by atoms with E-state index in [0.29, 0.717) is 13.1 Å². The van der Waals surface area contributed by atoms with Gasteiger partial charge in [-0.05, 0) is 37.0 Å². The summed E-state index contributed by atoms with van der Waals surface area (Å²) in [5.74, 6) is 0.846. The predicted molar refractivity (Wildman–Crippen MR) is 103 cm³/mol. The minimum atomic E-state index is -0.0716. The Bertz CT molecular complexity index is 920. The van der Waals surface area contributed by atoms with Crippen LogP contribution in [0.5, 0.6) is 0 Å². The fourth-order valence-corrected chi connectivity index (χ4v) is 3.52. The Morgan fingerprint density at radius 3 is 3.07 bits per heavy atom. The number of H-pyrrole nitrogens is 1. The molecule has 0 radical (unpaired) electrons. The van der Waals surface area contributed by atoms with Crippen LogP contribution in [0.15, 0.2) is 42.9 Å². The summed E-state index contributed by atoms with van der Waals surface area (Å²) in [6.07, 6.45) is 8.36. The monoisotopic (exact) mass is 380 g/mol. The number of imidazole rings is 1. The van der Waals surface area contributed by atoms with Gasteiger partial charge in [0.05, 0.1) is 23.6 Å². The first-order chi connectivity index (χ1) is 13.7. The molecule has 1 fully saturated rings. The molecule has 1 aliphatic rings. The zero-order valence-corrected chi connectivity index (χ0v) is 15.6. The third-order valence-corrected chi connectivity index (χ3v) is 4.97. The van der Waals surface area contributed by atoms with Gasteiger partial charge in [-0.2, -0.15) is 0 Å². The number of rotatable bonds is 5. The first-order valence-electron chi connectivity index (χ1n) is 9.49. The number of aromatic nitrogens is 5. The number of nitrogens with one attached hydrogen (secondary N) is 2. The first kappa shape index (κ1) is 18.2. The lowest BCUT2D eigenvalue weighted by Crippen LogP contribution is -2.44. The second-order valence-corrected chi connectivity index (χ2v) is 6.87. The second-order valence-electron chi connectivity index (χ2n) is 6.87. The van der Waals surface area contributed by atoms with Crippen molar-refractivity contribution in [1.82, 2.24) is 35.2 Å². The standard InChI is InChI=1S/C19H24N8O/c20-11-15-13-27(25-24-15)16-5-3-4-14(10-16)12-23-19(28)26-9-2-1-6-17(26)18-21-7-8-22-18/h3-5,7-8,10,13,17H,1-2,6,9,11-12,20H2,(H,21,22)(H,23,28).